The Morgan fingerprint density at radius 2 is 1.30 bits per heavy atom. The highest BCUT2D eigenvalue weighted by Crippen LogP contribution is 2.19. The van der Waals surface area contributed by atoms with Crippen LogP contribution in [0.5, 0.6) is 5.75 Å². The Labute approximate surface area is 158 Å². The fraction of sp³-hybridized carbons (Fsp3) is 0.0952. The molecule has 0 heterocycles. The Hall–Kier alpha value is -2.96. The molecule has 0 fully saturated rings. The lowest BCUT2D eigenvalue weighted by molar-refractivity contribution is -0.134. The molecule has 0 amide bonds. The second-order valence-electron chi connectivity index (χ2n) is 5.86. The number of benzene rings is 3. The molecule has 0 radical (unpaired) electrons. The highest BCUT2D eigenvalue weighted by molar-refractivity contribution is 7.89. The van der Waals surface area contributed by atoms with Crippen LogP contribution in [0.15, 0.2) is 95.9 Å². The quantitative estimate of drug-likeness (QED) is 0.464. The van der Waals surface area contributed by atoms with Crippen LogP contribution >= 0.6 is 0 Å². The van der Waals surface area contributed by atoms with Crippen molar-refractivity contribution in [2.75, 3.05) is 6.54 Å². The zero-order chi connectivity index (χ0) is 19.1. The number of para-hydroxylation sites is 1. The molecule has 0 N–H and O–H groups in total. The summed E-state index contributed by atoms with van der Waals surface area (Å²) in [6, 6.07) is 25.8. The van der Waals surface area contributed by atoms with E-state index in [1.165, 1.54) is 12.1 Å². The SMILES string of the molecule is O=C(CN(Cc1ccccc1)S(=O)(=O)c1ccccc1)Oc1ccccc1. The Morgan fingerprint density at radius 1 is 0.778 bits per heavy atom. The molecule has 3 rings (SSSR count). The molecule has 3 aromatic rings. The van der Waals surface area contributed by atoms with Crippen molar-refractivity contribution >= 4 is 16.0 Å². The Balaban J connectivity index is 1.84. The largest absolute Gasteiger partial charge is 0.426 e. The standard InChI is InChI=1S/C21H19NO4S/c23-21(26-19-12-6-2-7-13-19)17-22(16-18-10-4-1-5-11-18)27(24,25)20-14-8-3-9-15-20/h1-15H,16-17H2. The first kappa shape index (κ1) is 18.8. The van der Waals surface area contributed by atoms with Crippen molar-refractivity contribution in [1.82, 2.24) is 4.31 Å². The van der Waals surface area contributed by atoms with Crippen LogP contribution in [0.2, 0.25) is 0 Å². The smallest absolute Gasteiger partial charge is 0.326 e. The van der Waals surface area contributed by atoms with Gasteiger partial charge in [0.2, 0.25) is 10.0 Å². The van der Waals surface area contributed by atoms with Gasteiger partial charge in [-0.3, -0.25) is 4.79 Å². The summed E-state index contributed by atoms with van der Waals surface area (Å²) in [6.45, 7) is -0.316. The first-order valence-corrected chi connectivity index (χ1v) is 9.84. The molecule has 0 saturated carbocycles. The normalized spacial score (nSPS) is 11.3. The highest BCUT2D eigenvalue weighted by Gasteiger charge is 2.27. The minimum Gasteiger partial charge on any atom is -0.426 e. The summed E-state index contributed by atoms with van der Waals surface area (Å²) in [5.74, 6) is -0.268. The summed E-state index contributed by atoms with van der Waals surface area (Å²) in [6.07, 6.45) is 0. The van der Waals surface area contributed by atoms with Crippen LogP contribution in [0, 0.1) is 0 Å². The zero-order valence-electron chi connectivity index (χ0n) is 14.6. The van der Waals surface area contributed by atoms with Gasteiger partial charge in [0.05, 0.1) is 4.90 Å². The third-order valence-electron chi connectivity index (χ3n) is 3.86. The Bertz CT molecular complexity index is 974. The molecule has 0 aliphatic carbocycles. The number of sulfonamides is 1. The van der Waals surface area contributed by atoms with Crippen molar-refractivity contribution in [2.45, 2.75) is 11.4 Å². The predicted molar refractivity (Wildman–Crippen MR) is 103 cm³/mol. The molecule has 5 nitrogen and oxygen atoms in total. The van der Waals surface area contributed by atoms with Gasteiger partial charge in [0.15, 0.2) is 0 Å². The molecule has 0 aromatic heterocycles. The van der Waals surface area contributed by atoms with E-state index < -0.39 is 16.0 Å². The summed E-state index contributed by atoms with van der Waals surface area (Å²) in [7, 11) is -3.85. The molecule has 0 bridgehead atoms. The second kappa shape index (κ2) is 8.62. The second-order valence-corrected chi connectivity index (χ2v) is 7.80. The average molecular weight is 381 g/mol. The zero-order valence-corrected chi connectivity index (χ0v) is 15.4. The van der Waals surface area contributed by atoms with Crippen LogP contribution in [0.25, 0.3) is 0 Å². The van der Waals surface area contributed by atoms with E-state index >= 15 is 0 Å². The monoisotopic (exact) mass is 381 g/mol. The first-order valence-electron chi connectivity index (χ1n) is 8.40. The highest BCUT2D eigenvalue weighted by atomic mass is 32.2. The molecule has 0 aliphatic heterocycles. The molecule has 0 saturated heterocycles. The summed E-state index contributed by atoms with van der Waals surface area (Å²) in [5.41, 5.74) is 0.782. The molecule has 0 spiro atoms. The molecule has 6 heteroatoms. The van der Waals surface area contributed by atoms with Crippen LogP contribution in [0.4, 0.5) is 0 Å². The van der Waals surface area contributed by atoms with Crippen molar-refractivity contribution < 1.29 is 17.9 Å². The van der Waals surface area contributed by atoms with Crippen LogP contribution in [-0.2, 0) is 21.4 Å². The number of esters is 1. The maximum Gasteiger partial charge on any atom is 0.326 e. The topological polar surface area (TPSA) is 63.7 Å². The molecule has 3 aromatic carbocycles. The van der Waals surface area contributed by atoms with E-state index in [1.54, 1.807) is 48.5 Å². The van der Waals surface area contributed by atoms with E-state index in [0.717, 1.165) is 9.87 Å². The number of carbonyl (C=O) groups excluding carboxylic acids is 1. The van der Waals surface area contributed by atoms with Crippen LogP contribution in [0.3, 0.4) is 0 Å². The number of hydrogen-bond acceptors (Lipinski definition) is 4. The van der Waals surface area contributed by atoms with Gasteiger partial charge in [0, 0.05) is 6.54 Å². The van der Waals surface area contributed by atoms with Gasteiger partial charge in [-0.25, -0.2) is 8.42 Å². The van der Waals surface area contributed by atoms with Crippen LogP contribution in [0.1, 0.15) is 5.56 Å². The van der Waals surface area contributed by atoms with E-state index in [-0.39, 0.29) is 18.0 Å². The van der Waals surface area contributed by atoms with Gasteiger partial charge in [-0.2, -0.15) is 4.31 Å². The van der Waals surface area contributed by atoms with Crippen molar-refractivity contribution in [3.05, 3.63) is 96.6 Å². The van der Waals surface area contributed by atoms with Crippen LogP contribution < -0.4 is 4.74 Å². The van der Waals surface area contributed by atoms with E-state index in [9.17, 15) is 13.2 Å². The number of nitrogens with zero attached hydrogens (tertiary/aromatic N) is 1. The molecule has 0 atom stereocenters. The van der Waals surface area contributed by atoms with Gasteiger partial charge in [0.25, 0.3) is 0 Å². The van der Waals surface area contributed by atoms with E-state index in [0.29, 0.717) is 5.75 Å². The summed E-state index contributed by atoms with van der Waals surface area (Å²) in [5, 5.41) is 0. The summed E-state index contributed by atoms with van der Waals surface area (Å²) in [4.78, 5) is 12.5. The first-order chi connectivity index (χ1) is 13.1. The average Bonchev–Trinajstić information content (AvgIpc) is 2.70. The minimum absolute atomic E-state index is 0.0714. The van der Waals surface area contributed by atoms with E-state index in [2.05, 4.69) is 0 Å². The fourth-order valence-electron chi connectivity index (χ4n) is 2.55. The maximum absolute atomic E-state index is 13.0. The fourth-order valence-corrected chi connectivity index (χ4v) is 3.94. The lowest BCUT2D eigenvalue weighted by Crippen LogP contribution is -2.37. The number of carbonyl (C=O) groups is 1. The van der Waals surface area contributed by atoms with Gasteiger partial charge >= 0.3 is 5.97 Å². The molecule has 0 unspecified atom stereocenters. The Kier molecular flexibility index (Phi) is 6.01. The third-order valence-corrected chi connectivity index (χ3v) is 5.67. The van der Waals surface area contributed by atoms with Crippen molar-refractivity contribution in [3.63, 3.8) is 0 Å². The van der Waals surface area contributed by atoms with Gasteiger partial charge < -0.3 is 4.74 Å². The van der Waals surface area contributed by atoms with Crippen LogP contribution in [-0.4, -0.2) is 25.2 Å². The molecular weight excluding hydrogens is 362 g/mol. The molecule has 0 aliphatic rings. The number of ether oxygens (including phenoxy) is 1. The number of hydrogen-bond donors (Lipinski definition) is 0. The van der Waals surface area contributed by atoms with Crippen molar-refractivity contribution in [3.8, 4) is 5.75 Å². The molecule has 27 heavy (non-hydrogen) atoms. The van der Waals surface area contributed by atoms with Gasteiger partial charge in [0.1, 0.15) is 12.3 Å². The molecular formula is C21H19NO4S. The Morgan fingerprint density at radius 3 is 1.89 bits per heavy atom. The van der Waals surface area contributed by atoms with Gasteiger partial charge in [-0.1, -0.05) is 66.7 Å². The van der Waals surface area contributed by atoms with E-state index in [1.807, 2.05) is 30.3 Å². The van der Waals surface area contributed by atoms with Crippen molar-refractivity contribution in [1.29, 1.82) is 0 Å². The third kappa shape index (κ3) is 5.03. The van der Waals surface area contributed by atoms with Gasteiger partial charge in [-0.05, 0) is 29.8 Å². The lowest BCUT2D eigenvalue weighted by atomic mass is 10.2. The minimum atomic E-state index is -3.85. The van der Waals surface area contributed by atoms with E-state index in [4.69, 9.17) is 4.74 Å². The lowest BCUT2D eigenvalue weighted by Gasteiger charge is -2.21. The van der Waals surface area contributed by atoms with Gasteiger partial charge in [-0.15, -0.1) is 0 Å². The maximum atomic E-state index is 13.0. The number of rotatable bonds is 7. The summed E-state index contributed by atoms with van der Waals surface area (Å²) < 4.78 is 32.5. The predicted octanol–water partition coefficient (Wildman–Crippen LogP) is 3.48. The summed E-state index contributed by atoms with van der Waals surface area (Å²) >= 11 is 0. The molecule has 138 valence electrons. The van der Waals surface area contributed by atoms with Crippen molar-refractivity contribution in [2.24, 2.45) is 0 Å².